The molecular weight excluding hydrogens is 362 g/mol. The minimum atomic E-state index is -0.870. The first-order valence-corrected chi connectivity index (χ1v) is 10.8. The molecule has 0 radical (unpaired) electrons. The van der Waals surface area contributed by atoms with Crippen LogP contribution in [0.5, 0.6) is 0 Å². The molecule has 0 amide bonds. The monoisotopic (exact) mass is 379 g/mol. The Labute approximate surface area is 158 Å². The number of anilines is 2. The lowest BCUT2D eigenvalue weighted by molar-refractivity contribution is 0.686. The number of nitrogens with one attached hydrogen (secondary N) is 1. The van der Waals surface area contributed by atoms with Crippen LogP contribution >= 0.6 is 11.3 Å². The second-order valence-electron chi connectivity index (χ2n) is 5.97. The van der Waals surface area contributed by atoms with Crippen LogP contribution in [0.15, 0.2) is 65.4 Å². The summed E-state index contributed by atoms with van der Waals surface area (Å²) < 4.78 is 11.5. The number of hydrogen-bond acceptors (Lipinski definition) is 5. The molecule has 1 atom stereocenters. The van der Waals surface area contributed by atoms with E-state index in [1.807, 2.05) is 65.4 Å². The Hall–Kier alpha value is -2.57. The van der Waals surface area contributed by atoms with Gasteiger partial charge < -0.3 is 5.32 Å². The van der Waals surface area contributed by atoms with Crippen molar-refractivity contribution in [2.24, 2.45) is 0 Å². The Balaban J connectivity index is 1.77. The van der Waals surface area contributed by atoms with Crippen LogP contribution in [0.3, 0.4) is 0 Å². The van der Waals surface area contributed by atoms with Gasteiger partial charge in [-0.25, -0.2) is 9.97 Å². The molecule has 26 heavy (non-hydrogen) atoms. The summed E-state index contributed by atoms with van der Waals surface area (Å²) in [6.07, 6.45) is 1.71. The van der Waals surface area contributed by atoms with Gasteiger partial charge >= 0.3 is 0 Å². The molecule has 2 heterocycles. The van der Waals surface area contributed by atoms with Gasteiger partial charge in [0.2, 0.25) is 0 Å². The molecule has 4 aromatic rings. The molecule has 130 valence electrons. The van der Waals surface area contributed by atoms with Crippen molar-refractivity contribution in [1.29, 1.82) is 0 Å². The van der Waals surface area contributed by atoms with Gasteiger partial charge in [-0.05, 0) is 41.3 Å². The molecule has 0 spiro atoms. The highest BCUT2D eigenvalue weighted by molar-refractivity contribution is 7.83. The third-order valence-corrected chi connectivity index (χ3v) is 5.37. The quantitative estimate of drug-likeness (QED) is 0.531. The second kappa shape index (κ2) is 7.35. The van der Waals surface area contributed by atoms with E-state index in [1.165, 1.54) is 0 Å². The molecule has 0 aliphatic rings. The summed E-state index contributed by atoms with van der Waals surface area (Å²) in [6.45, 7) is 0. The third kappa shape index (κ3) is 3.66. The van der Waals surface area contributed by atoms with Crippen LogP contribution in [0, 0.1) is 0 Å². The smallest absolute Gasteiger partial charge is 0.163 e. The van der Waals surface area contributed by atoms with E-state index in [0.29, 0.717) is 11.6 Å². The van der Waals surface area contributed by atoms with Crippen molar-refractivity contribution in [1.82, 2.24) is 9.97 Å². The molecule has 2 aromatic carbocycles. The highest BCUT2D eigenvalue weighted by Gasteiger charge is 2.10. The molecule has 0 aliphatic heterocycles. The Kier molecular flexibility index (Phi) is 4.77. The third-order valence-electron chi connectivity index (χ3n) is 3.94. The van der Waals surface area contributed by atoms with Crippen molar-refractivity contribution in [2.75, 3.05) is 11.6 Å². The minimum absolute atomic E-state index is 0.542. The van der Waals surface area contributed by atoms with E-state index in [0.717, 1.165) is 33.5 Å². The van der Waals surface area contributed by atoms with E-state index in [9.17, 15) is 4.21 Å². The summed E-state index contributed by atoms with van der Waals surface area (Å²) in [6, 6.07) is 18.0. The molecule has 0 fully saturated rings. The molecule has 1 N–H and O–H groups in total. The number of nitrogens with zero attached hydrogens (tertiary/aromatic N) is 2. The van der Waals surface area contributed by atoms with Crippen molar-refractivity contribution >= 4 is 44.5 Å². The first-order valence-electron chi connectivity index (χ1n) is 8.14. The van der Waals surface area contributed by atoms with E-state index in [2.05, 4.69) is 5.32 Å². The number of hydrogen-bond donors (Lipinski definition) is 1. The zero-order valence-electron chi connectivity index (χ0n) is 14.2. The van der Waals surface area contributed by atoms with Gasteiger partial charge in [0.15, 0.2) is 5.82 Å². The predicted molar refractivity (Wildman–Crippen MR) is 110 cm³/mol. The minimum Gasteiger partial charge on any atom is -0.340 e. The summed E-state index contributed by atoms with van der Waals surface area (Å²) in [7, 11) is -0.870. The van der Waals surface area contributed by atoms with Crippen LogP contribution in [0.2, 0.25) is 0 Å². The summed E-state index contributed by atoms with van der Waals surface area (Å²) in [5.41, 5.74) is 3.87. The summed E-state index contributed by atoms with van der Waals surface area (Å²) >= 11 is 1.63. The van der Waals surface area contributed by atoms with Crippen molar-refractivity contribution in [3.8, 4) is 11.4 Å². The molecule has 1 unspecified atom stereocenters. The fraction of sp³-hybridized carbons (Fsp3) is 0.100. The zero-order valence-corrected chi connectivity index (χ0v) is 15.8. The number of fused-ring (bicyclic) bond motifs is 1. The number of benzene rings is 2. The van der Waals surface area contributed by atoms with Crippen LogP contribution in [0.1, 0.15) is 5.56 Å². The molecule has 0 saturated heterocycles. The summed E-state index contributed by atoms with van der Waals surface area (Å²) in [5.74, 6) is 2.02. The largest absolute Gasteiger partial charge is 0.340 e. The van der Waals surface area contributed by atoms with E-state index >= 15 is 0 Å². The van der Waals surface area contributed by atoms with Gasteiger partial charge in [-0.2, -0.15) is 11.3 Å². The van der Waals surface area contributed by atoms with Crippen LogP contribution in [-0.4, -0.2) is 20.4 Å². The topological polar surface area (TPSA) is 54.9 Å². The number of para-hydroxylation sites is 1. The van der Waals surface area contributed by atoms with Gasteiger partial charge in [0.1, 0.15) is 5.82 Å². The lowest BCUT2D eigenvalue weighted by atomic mass is 10.2. The Morgan fingerprint density at radius 1 is 1.08 bits per heavy atom. The highest BCUT2D eigenvalue weighted by Crippen LogP contribution is 2.28. The molecule has 4 rings (SSSR count). The van der Waals surface area contributed by atoms with Crippen molar-refractivity contribution in [3.63, 3.8) is 0 Å². The van der Waals surface area contributed by atoms with Crippen LogP contribution in [-0.2, 0) is 16.6 Å². The van der Waals surface area contributed by atoms with Gasteiger partial charge in [-0.3, -0.25) is 4.21 Å². The predicted octanol–water partition coefficient (Wildman–Crippen LogP) is 4.98. The van der Waals surface area contributed by atoms with E-state index in [4.69, 9.17) is 9.97 Å². The van der Waals surface area contributed by atoms with Crippen LogP contribution in [0.4, 0.5) is 11.5 Å². The summed E-state index contributed by atoms with van der Waals surface area (Å²) in [4.78, 5) is 9.45. The van der Waals surface area contributed by atoms with Crippen molar-refractivity contribution in [3.05, 3.63) is 70.9 Å². The Morgan fingerprint density at radius 3 is 2.77 bits per heavy atom. The molecule has 0 saturated carbocycles. The van der Waals surface area contributed by atoms with Gasteiger partial charge in [-0.1, -0.05) is 24.3 Å². The van der Waals surface area contributed by atoms with Crippen molar-refractivity contribution in [2.45, 2.75) is 5.75 Å². The van der Waals surface area contributed by atoms with E-state index < -0.39 is 10.8 Å². The maximum Gasteiger partial charge on any atom is 0.163 e. The molecule has 0 aliphatic carbocycles. The Bertz CT molecular complexity index is 1080. The first-order chi connectivity index (χ1) is 12.7. The van der Waals surface area contributed by atoms with Gasteiger partial charge in [0.05, 0.1) is 5.52 Å². The van der Waals surface area contributed by atoms with Crippen LogP contribution in [0.25, 0.3) is 22.3 Å². The SMILES string of the molecule is CS(=O)Cc1cccc(Nc2nc(-c3ccsc3)nc3ccccc23)c1. The molecule has 6 heteroatoms. The fourth-order valence-electron chi connectivity index (χ4n) is 2.80. The van der Waals surface area contributed by atoms with Gasteiger partial charge in [-0.15, -0.1) is 0 Å². The van der Waals surface area contributed by atoms with Crippen LogP contribution < -0.4 is 5.32 Å². The zero-order chi connectivity index (χ0) is 17.9. The van der Waals surface area contributed by atoms with E-state index in [1.54, 1.807) is 17.6 Å². The molecule has 4 nitrogen and oxygen atoms in total. The van der Waals surface area contributed by atoms with Gasteiger partial charge in [0, 0.05) is 44.8 Å². The fourth-order valence-corrected chi connectivity index (χ4v) is 4.09. The van der Waals surface area contributed by atoms with Crippen molar-refractivity contribution < 1.29 is 4.21 Å². The molecule has 2 aromatic heterocycles. The number of rotatable bonds is 5. The molecular formula is C20H17N3OS2. The lowest BCUT2D eigenvalue weighted by Gasteiger charge is -2.11. The maximum absolute atomic E-state index is 11.5. The lowest BCUT2D eigenvalue weighted by Crippen LogP contribution is -2.00. The first kappa shape index (κ1) is 16.9. The maximum atomic E-state index is 11.5. The average Bonchev–Trinajstić information content (AvgIpc) is 3.16. The molecule has 0 bridgehead atoms. The van der Waals surface area contributed by atoms with Gasteiger partial charge in [0.25, 0.3) is 0 Å². The number of thiophene rings is 1. The normalized spacial score (nSPS) is 12.2. The standard InChI is InChI=1S/C20H17N3OS2/c1-26(24)13-14-5-4-6-16(11-14)21-20-17-7-2-3-8-18(17)22-19(23-20)15-9-10-25-12-15/h2-12H,13H2,1H3,(H,21,22,23). The average molecular weight is 380 g/mol. The van der Waals surface area contributed by atoms with E-state index in [-0.39, 0.29) is 0 Å². The number of aromatic nitrogens is 2. The summed E-state index contributed by atoms with van der Waals surface area (Å²) in [5, 5.41) is 8.45. The Morgan fingerprint density at radius 2 is 1.96 bits per heavy atom. The second-order valence-corrected chi connectivity index (χ2v) is 8.18. The highest BCUT2D eigenvalue weighted by atomic mass is 32.2.